The third-order valence-electron chi connectivity index (χ3n) is 9.76. The lowest BCUT2D eigenvalue weighted by molar-refractivity contribution is -0.124. The lowest BCUT2D eigenvalue weighted by atomic mass is 9.81. The molecular weight excluding hydrogens is 553 g/mol. The van der Waals surface area contributed by atoms with E-state index in [1.165, 1.54) is 57.4 Å². The second kappa shape index (κ2) is 16.2. The molecule has 42 heavy (non-hydrogen) atoms. The van der Waals surface area contributed by atoms with E-state index < -0.39 is 21.0 Å². The maximum Gasteiger partial charge on any atom is 0.175 e. The van der Waals surface area contributed by atoms with Gasteiger partial charge in [0.05, 0.1) is 7.59 Å². The topological polar surface area (TPSA) is 79.7 Å². The van der Waals surface area contributed by atoms with Gasteiger partial charge < -0.3 is 25.4 Å². The molecule has 7 heteroatoms. The average Bonchev–Trinajstić information content (AvgIpc) is 2.95. The summed E-state index contributed by atoms with van der Waals surface area (Å²) < 4.78 is 21.7. The first kappa shape index (κ1) is 34.5. The van der Waals surface area contributed by atoms with E-state index in [0.717, 1.165) is 55.0 Å². The Morgan fingerprint density at radius 2 is 1.07 bits per heavy atom. The molecule has 0 bridgehead atoms. The number of benzene rings is 2. The maximum absolute atomic E-state index is 7.65. The van der Waals surface area contributed by atoms with Crippen LogP contribution in [0.3, 0.4) is 0 Å². The van der Waals surface area contributed by atoms with Crippen LogP contribution in [0.15, 0.2) is 48.5 Å². The Bertz CT molecular complexity index is 978. The van der Waals surface area contributed by atoms with Crippen LogP contribution in [0.4, 0.5) is 11.4 Å². The normalized spacial score (nSPS) is 21.0. The summed E-state index contributed by atoms with van der Waals surface area (Å²) in [6.07, 6.45) is 14.9. The molecule has 1 fully saturated rings. The van der Waals surface area contributed by atoms with E-state index in [-0.39, 0.29) is 12.2 Å². The van der Waals surface area contributed by atoms with Crippen LogP contribution in [0.2, 0.25) is 32.2 Å². The Balaban J connectivity index is 2.04. The van der Waals surface area contributed by atoms with Crippen molar-refractivity contribution in [3.8, 4) is 11.5 Å². The van der Waals surface area contributed by atoms with Crippen LogP contribution in [0.25, 0.3) is 0 Å². The summed E-state index contributed by atoms with van der Waals surface area (Å²) in [5.41, 5.74) is 13.1. The molecule has 2 aromatic carbocycles. The Morgan fingerprint density at radius 3 is 1.45 bits per heavy atom. The lowest BCUT2D eigenvalue weighted by Crippen LogP contribution is -2.72. The van der Waals surface area contributed by atoms with Gasteiger partial charge in [-0.1, -0.05) is 84.4 Å². The smallest absolute Gasteiger partial charge is 0.175 e. The summed E-state index contributed by atoms with van der Waals surface area (Å²) in [5, 5.41) is 0. The van der Waals surface area contributed by atoms with Crippen molar-refractivity contribution in [1.82, 2.24) is 0 Å². The molecule has 2 unspecified atom stereocenters. The van der Waals surface area contributed by atoms with Gasteiger partial charge in [0.2, 0.25) is 0 Å². The first-order valence-electron chi connectivity index (χ1n) is 16.8. The summed E-state index contributed by atoms with van der Waals surface area (Å²) >= 11 is 0. The molecule has 2 atom stereocenters. The molecule has 0 radical (unpaired) electrons. The predicted molar refractivity (Wildman–Crippen MR) is 185 cm³/mol. The van der Waals surface area contributed by atoms with Crippen molar-refractivity contribution < 1.29 is 13.9 Å². The van der Waals surface area contributed by atoms with Gasteiger partial charge in [0.25, 0.3) is 0 Å². The average molecular weight is 613 g/mol. The van der Waals surface area contributed by atoms with Gasteiger partial charge in [0.15, 0.2) is 7.83 Å². The highest BCUT2D eigenvalue weighted by atomic mass is 29.3. The van der Waals surface area contributed by atoms with E-state index in [9.17, 15) is 0 Å². The minimum atomic E-state index is -2.01. The molecule has 1 saturated heterocycles. The van der Waals surface area contributed by atoms with Crippen molar-refractivity contribution in [2.24, 2.45) is 0 Å². The fourth-order valence-corrected chi connectivity index (χ4v) is 13.0. The van der Waals surface area contributed by atoms with Gasteiger partial charge in [-0.15, -0.1) is 0 Å². The molecule has 4 N–H and O–H groups in total. The summed E-state index contributed by atoms with van der Waals surface area (Å²) in [7, 11) is -3.54. The SMILES string of the molecule is CCCCCCCC(Oc1ccc(N)cc1)C1(C(CCCCCCC)Oc2ccc(N)cc2)CC[Si](C)(C)[Si](C)(C)O1. The molecule has 0 saturated carbocycles. The molecule has 1 aliphatic heterocycles. The van der Waals surface area contributed by atoms with Crippen molar-refractivity contribution in [2.45, 2.75) is 147 Å². The molecule has 1 aliphatic rings. The number of ether oxygens (including phenoxy) is 2. The van der Waals surface area contributed by atoms with Crippen LogP contribution < -0.4 is 20.9 Å². The van der Waals surface area contributed by atoms with Gasteiger partial charge in [-0.05, 0) is 93.7 Å². The minimum absolute atomic E-state index is 0.103. The van der Waals surface area contributed by atoms with Gasteiger partial charge >= 0.3 is 0 Å². The molecule has 1 heterocycles. The Kier molecular flexibility index (Phi) is 13.3. The van der Waals surface area contributed by atoms with Gasteiger partial charge in [-0.2, -0.15) is 0 Å². The van der Waals surface area contributed by atoms with Crippen LogP contribution in [0.1, 0.15) is 97.3 Å². The van der Waals surface area contributed by atoms with Crippen LogP contribution in [-0.4, -0.2) is 33.2 Å². The number of anilines is 2. The van der Waals surface area contributed by atoms with Crippen molar-refractivity contribution in [3.63, 3.8) is 0 Å². The molecule has 5 nitrogen and oxygen atoms in total. The lowest BCUT2D eigenvalue weighted by Gasteiger charge is -2.56. The Hall–Kier alpha value is -1.97. The Labute approximate surface area is 259 Å². The number of rotatable bonds is 18. The first-order valence-corrected chi connectivity index (χ1v) is 23.9. The van der Waals surface area contributed by atoms with E-state index in [4.69, 9.17) is 25.4 Å². The van der Waals surface area contributed by atoms with E-state index in [1.54, 1.807) is 0 Å². The third-order valence-corrected chi connectivity index (χ3v) is 26.2. The zero-order valence-corrected chi connectivity index (χ0v) is 29.6. The predicted octanol–water partition coefficient (Wildman–Crippen LogP) is 9.92. The first-order chi connectivity index (χ1) is 20.0. The molecule has 3 rings (SSSR count). The molecule has 0 aromatic heterocycles. The number of unbranched alkanes of at least 4 members (excludes halogenated alkanes) is 8. The molecule has 0 spiro atoms. The standard InChI is InChI=1S/C35H60N2O3Si2/c1-7-9-11-13-15-17-33(38-31-23-19-29(36)20-24-31)35(27-28-41(3,4)42(5,6)40-35)34(18-16-14-12-10-8-2)39-32-25-21-30(37)22-26-32/h19-26,33-34H,7-18,27-28,36-37H2,1-6H3. The summed E-state index contributed by atoms with van der Waals surface area (Å²) in [4.78, 5) is 0. The largest absolute Gasteiger partial charge is 0.487 e. The van der Waals surface area contributed by atoms with E-state index >= 15 is 0 Å². The van der Waals surface area contributed by atoms with Crippen LogP contribution >= 0.6 is 0 Å². The van der Waals surface area contributed by atoms with Crippen LogP contribution in [0, 0.1) is 0 Å². The summed E-state index contributed by atoms with van der Waals surface area (Å²) in [6, 6.07) is 17.0. The van der Waals surface area contributed by atoms with E-state index in [0.29, 0.717) is 0 Å². The van der Waals surface area contributed by atoms with Gasteiger partial charge in [0.1, 0.15) is 29.3 Å². The van der Waals surface area contributed by atoms with Crippen molar-refractivity contribution in [3.05, 3.63) is 48.5 Å². The van der Waals surface area contributed by atoms with Crippen molar-refractivity contribution in [2.75, 3.05) is 11.5 Å². The quantitative estimate of drug-likeness (QED) is 0.0995. The van der Waals surface area contributed by atoms with Crippen LogP contribution in [-0.2, 0) is 4.43 Å². The zero-order valence-electron chi connectivity index (χ0n) is 27.6. The van der Waals surface area contributed by atoms with Gasteiger partial charge in [0, 0.05) is 11.4 Å². The molecular formula is C35H60N2O3Si2. The van der Waals surface area contributed by atoms with Gasteiger partial charge in [-0.3, -0.25) is 0 Å². The van der Waals surface area contributed by atoms with E-state index in [1.807, 2.05) is 48.5 Å². The molecule has 236 valence electrons. The van der Waals surface area contributed by atoms with Crippen molar-refractivity contribution in [1.29, 1.82) is 0 Å². The molecule has 2 aromatic rings. The van der Waals surface area contributed by atoms with E-state index in [2.05, 4.69) is 40.0 Å². The number of nitrogen functional groups attached to an aromatic ring is 2. The second-order valence-corrected chi connectivity index (χ2v) is 28.9. The summed E-state index contributed by atoms with van der Waals surface area (Å²) in [5.74, 6) is 1.72. The molecule has 0 amide bonds. The van der Waals surface area contributed by atoms with Crippen molar-refractivity contribution >= 4 is 26.8 Å². The third kappa shape index (κ3) is 9.52. The highest BCUT2D eigenvalue weighted by molar-refractivity contribution is 7.38. The zero-order chi connectivity index (χ0) is 30.6. The number of nitrogens with two attached hydrogens (primary N) is 2. The second-order valence-electron chi connectivity index (χ2n) is 13.7. The number of hydrogen-bond donors (Lipinski definition) is 2. The fraction of sp³-hybridized carbons (Fsp3) is 0.657. The maximum atomic E-state index is 7.65. The number of hydrogen-bond acceptors (Lipinski definition) is 5. The summed E-state index contributed by atoms with van der Waals surface area (Å²) in [6.45, 7) is 14.5. The fourth-order valence-electron chi connectivity index (χ4n) is 6.23. The molecule has 0 aliphatic carbocycles. The van der Waals surface area contributed by atoms with Gasteiger partial charge in [-0.25, -0.2) is 0 Å². The monoisotopic (exact) mass is 612 g/mol. The highest BCUT2D eigenvalue weighted by Gasteiger charge is 2.60. The minimum Gasteiger partial charge on any atom is -0.487 e. The highest BCUT2D eigenvalue weighted by Crippen LogP contribution is 2.47. The Morgan fingerprint density at radius 1 is 0.667 bits per heavy atom. The van der Waals surface area contributed by atoms with Crippen LogP contribution in [0.5, 0.6) is 11.5 Å².